The van der Waals surface area contributed by atoms with Crippen LogP contribution < -0.4 is 4.74 Å². The van der Waals surface area contributed by atoms with Gasteiger partial charge in [0.25, 0.3) is 0 Å². The molecule has 0 amide bonds. The van der Waals surface area contributed by atoms with E-state index in [1.165, 1.54) is 19.1 Å². The minimum absolute atomic E-state index is 0.0173. The maximum absolute atomic E-state index is 13.7. The van der Waals surface area contributed by atoms with Crippen LogP contribution in [0.1, 0.15) is 21.5 Å². The van der Waals surface area contributed by atoms with Gasteiger partial charge in [0.2, 0.25) is 0 Å². The van der Waals surface area contributed by atoms with E-state index in [1.54, 1.807) is 31.4 Å². The van der Waals surface area contributed by atoms with Gasteiger partial charge in [0.1, 0.15) is 5.75 Å². The Kier molecular flexibility index (Phi) is 4.13. The molecule has 104 valence electrons. The SMILES string of the molecule is COc1ccc(CC(=O)c2ccc(C)c(F)c2F)cc1. The minimum Gasteiger partial charge on any atom is -0.497 e. The molecule has 0 spiro atoms. The van der Waals surface area contributed by atoms with Gasteiger partial charge in [-0.15, -0.1) is 0 Å². The molecule has 0 radical (unpaired) electrons. The van der Waals surface area contributed by atoms with Crippen LogP contribution in [-0.4, -0.2) is 12.9 Å². The second kappa shape index (κ2) is 5.82. The first-order valence-electron chi connectivity index (χ1n) is 6.13. The third-order valence-electron chi connectivity index (χ3n) is 3.10. The number of carbonyl (C=O) groups excluding carboxylic acids is 1. The lowest BCUT2D eigenvalue weighted by Gasteiger charge is -2.06. The summed E-state index contributed by atoms with van der Waals surface area (Å²) in [5.74, 6) is -1.82. The normalized spacial score (nSPS) is 10.4. The zero-order valence-electron chi connectivity index (χ0n) is 11.2. The van der Waals surface area contributed by atoms with Crippen LogP contribution in [0.4, 0.5) is 8.78 Å². The third-order valence-corrected chi connectivity index (χ3v) is 3.10. The van der Waals surface area contributed by atoms with Crippen LogP contribution in [0.25, 0.3) is 0 Å². The van der Waals surface area contributed by atoms with E-state index in [4.69, 9.17) is 4.74 Å². The molecule has 0 N–H and O–H groups in total. The van der Waals surface area contributed by atoms with E-state index in [0.717, 1.165) is 5.56 Å². The lowest BCUT2D eigenvalue weighted by Crippen LogP contribution is -2.08. The number of methoxy groups -OCH3 is 1. The van der Waals surface area contributed by atoms with Crippen LogP contribution >= 0.6 is 0 Å². The quantitative estimate of drug-likeness (QED) is 0.796. The predicted octanol–water partition coefficient (Wildman–Crippen LogP) is 3.71. The molecule has 2 aromatic carbocycles. The summed E-state index contributed by atoms with van der Waals surface area (Å²) < 4.78 is 32.2. The predicted molar refractivity (Wildman–Crippen MR) is 72.1 cm³/mol. The lowest BCUT2D eigenvalue weighted by molar-refractivity contribution is 0.0988. The molecule has 2 aromatic rings. The minimum atomic E-state index is -1.08. The average molecular weight is 276 g/mol. The summed E-state index contributed by atoms with van der Waals surface area (Å²) in [5, 5.41) is 0. The van der Waals surface area contributed by atoms with Gasteiger partial charge in [-0.3, -0.25) is 4.79 Å². The molecule has 2 rings (SSSR count). The van der Waals surface area contributed by atoms with Crippen molar-refractivity contribution in [1.29, 1.82) is 0 Å². The second-order valence-electron chi connectivity index (χ2n) is 4.51. The van der Waals surface area contributed by atoms with Crippen molar-refractivity contribution >= 4 is 5.78 Å². The summed E-state index contributed by atoms with van der Waals surface area (Å²) in [4.78, 5) is 12.0. The van der Waals surface area contributed by atoms with E-state index in [-0.39, 0.29) is 17.5 Å². The summed E-state index contributed by atoms with van der Waals surface area (Å²) >= 11 is 0. The number of rotatable bonds is 4. The second-order valence-corrected chi connectivity index (χ2v) is 4.51. The van der Waals surface area contributed by atoms with Crippen molar-refractivity contribution in [2.24, 2.45) is 0 Å². The zero-order chi connectivity index (χ0) is 14.7. The molecule has 20 heavy (non-hydrogen) atoms. The summed E-state index contributed by atoms with van der Waals surface area (Å²) in [6, 6.07) is 9.60. The molecule has 0 unspecified atom stereocenters. The standard InChI is InChI=1S/C16H14F2O2/c1-10-3-8-13(16(18)15(10)17)14(19)9-11-4-6-12(20-2)7-5-11/h3-8H,9H2,1-2H3. The van der Waals surface area contributed by atoms with Crippen LogP contribution in [0.15, 0.2) is 36.4 Å². The number of hydrogen-bond acceptors (Lipinski definition) is 2. The maximum Gasteiger partial charge on any atom is 0.170 e. The van der Waals surface area contributed by atoms with Crippen molar-refractivity contribution in [3.8, 4) is 5.75 Å². The fourth-order valence-corrected chi connectivity index (χ4v) is 1.89. The van der Waals surface area contributed by atoms with Crippen LogP contribution in [0.3, 0.4) is 0 Å². The highest BCUT2D eigenvalue weighted by Crippen LogP contribution is 2.18. The molecule has 0 aliphatic heterocycles. The molecule has 0 fully saturated rings. The fourth-order valence-electron chi connectivity index (χ4n) is 1.89. The summed E-state index contributed by atoms with van der Waals surface area (Å²) in [6.45, 7) is 1.45. The molecule has 0 saturated heterocycles. The molecule has 0 bridgehead atoms. The van der Waals surface area contributed by atoms with Gasteiger partial charge in [-0.05, 0) is 36.2 Å². The van der Waals surface area contributed by atoms with Gasteiger partial charge in [0.15, 0.2) is 17.4 Å². The highest BCUT2D eigenvalue weighted by Gasteiger charge is 2.17. The van der Waals surface area contributed by atoms with Crippen molar-refractivity contribution in [3.05, 3.63) is 64.7 Å². The van der Waals surface area contributed by atoms with Crippen LogP contribution in [0, 0.1) is 18.6 Å². The molecule has 2 nitrogen and oxygen atoms in total. The maximum atomic E-state index is 13.7. The third kappa shape index (κ3) is 2.85. The number of Topliss-reactive ketones (excluding diaryl/α,β-unsaturated/α-hetero) is 1. The Labute approximate surface area is 116 Å². The van der Waals surface area contributed by atoms with Gasteiger partial charge < -0.3 is 4.74 Å². The zero-order valence-corrected chi connectivity index (χ0v) is 11.2. The first-order valence-corrected chi connectivity index (χ1v) is 6.13. The monoisotopic (exact) mass is 276 g/mol. The highest BCUT2D eigenvalue weighted by molar-refractivity contribution is 5.97. The molecular formula is C16H14F2O2. The van der Waals surface area contributed by atoms with Gasteiger partial charge in [-0.1, -0.05) is 18.2 Å². The number of ether oxygens (including phenoxy) is 1. The number of hydrogen-bond donors (Lipinski definition) is 0. The van der Waals surface area contributed by atoms with Crippen molar-refractivity contribution in [2.75, 3.05) is 7.11 Å². The number of ketones is 1. The molecule has 0 aliphatic carbocycles. The van der Waals surface area contributed by atoms with E-state index in [2.05, 4.69) is 0 Å². The van der Waals surface area contributed by atoms with E-state index in [9.17, 15) is 13.6 Å². The van der Waals surface area contributed by atoms with E-state index in [1.807, 2.05) is 0 Å². The molecule has 0 saturated carbocycles. The van der Waals surface area contributed by atoms with Gasteiger partial charge in [-0.2, -0.15) is 0 Å². The highest BCUT2D eigenvalue weighted by atomic mass is 19.2. The summed E-state index contributed by atoms with van der Waals surface area (Å²) in [6.07, 6.45) is 0.0173. The van der Waals surface area contributed by atoms with Crippen molar-refractivity contribution in [2.45, 2.75) is 13.3 Å². The largest absolute Gasteiger partial charge is 0.497 e. The van der Waals surface area contributed by atoms with Crippen LogP contribution in [0.5, 0.6) is 5.75 Å². The first kappa shape index (κ1) is 14.2. The molecule has 0 atom stereocenters. The number of carbonyl (C=O) groups is 1. The van der Waals surface area contributed by atoms with Crippen molar-refractivity contribution < 1.29 is 18.3 Å². The molecule has 0 aromatic heterocycles. The Hall–Kier alpha value is -2.23. The van der Waals surface area contributed by atoms with E-state index >= 15 is 0 Å². The Bertz CT molecular complexity index is 634. The van der Waals surface area contributed by atoms with E-state index < -0.39 is 17.4 Å². The number of benzene rings is 2. The van der Waals surface area contributed by atoms with Gasteiger partial charge >= 0.3 is 0 Å². The smallest absolute Gasteiger partial charge is 0.170 e. The number of halogens is 2. The van der Waals surface area contributed by atoms with Crippen molar-refractivity contribution in [1.82, 2.24) is 0 Å². The molecular weight excluding hydrogens is 262 g/mol. The summed E-state index contributed by atoms with van der Waals surface area (Å²) in [5.41, 5.74) is 0.684. The van der Waals surface area contributed by atoms with Gasteiger partial charge in [0, 0.05) is 6.42 Å². The Morgan fingerprint density at radius 1 is 1.05 bits per heavy atom. The topological polar surface area (TPSA) is 26.3 Å². The van der Waals surface area contributed by atoms with Gasteiger partial charge in [0.05, 0.1) is 12.7 Å². The lowest BCUT2D eigenvalue weighted by atomic mass is 10.0. The van der Waals surface area contributed by atoms with Crippen LogP contribution in [-0.2, 0) is 6.42 Å². The first-order chi connectivity index (χ1) is 9.52. The summed E-state index contributed by atoms with van der Waals surface area (Å²) in [7, 11) is 1.55. The molecule has 0 heterocycles. The van der Waals surface area contributed by atoms with Crippen LogP contribution in [0.2, 0.25) is 0 Å². The van der Waals surface area contributed by atoms with Crippen molar-refractivity contribution in [3.63, 3.8) is 0 Å². The number of aryl methyl sites for hydroxylation is 1. The Morgan fingerprint density at radius 2 is 1.70 bits per heavy atom. The fraction of sp³-hybridized carbons (Fsp3) is 0.188. The molecule has 0 aliphatic rings. The average Bonchev–Trinajstić information content (AvgIpc) is 2.45. The Balaban J connectivity index is 2.21. The van der Waals surface area contributed by atoms with Gasteiger partial charge in [-0.25, -0.2) is 8.78 Å². The molecule has 4 heteroatoms. The van der Waals surface area contributed by atoms with E-state index in [0.29, 0.717) is 5.75 Å². The Morgan fingerprint density at radius 3 is 2.30 bits per heavy atom.